The van der Waals surface area contributed by atoms with Gasteiger partial charge < -0.3 is 29.6 Å². The molecule has 5 unspecified atom stereocenters. The van der Waals surface area contributed by atoms with E-state index in [9.17, 15) is 15.3 Å². The second kappa shape index (κ2) is 10.5. The molecule has 2 aromatic carbocycles. The molecular formula is C25H30ClNO6. The first-order valence-corrected chi connectivity index (χ1v) is 11.5. The molecule has 0 amide bonds. The summed E-state index contributed by atoms with van der Waals surface area (Å²) in [6, 6.07) is 13.4. The Morgan fingerprint density at radius 1 is 1.06 bits per heavy atom. The van der Waals surface area contributed by atoms with Gasteiger partial charge in [-0.3, -0.25) is 0 Å². The first-order valence-electron chi connectivity index (χ1n) is 11.1. The Hall–Kier alpha value is -2.00. The van der Waals surface area contributed by atoms with Gasteiger partial charge in [0.1, 0.15) is 31.0 Å². The third-order valence-corrected chi connectivity index (χ3v) is 6.54. The molecule has 7 nitrogen and oxygen atoms in total. The SMILES string of the molecule is COC1OC(c2ccc(Cl)c(Cc3ccc(C(C)=NOCC4CC4)cc3)c2)C(O)C(O)C1O. The van der Waals surface area contributed by atoms with Crippen LogP contribution in [0.25, 0.3) is 0 Å². The fraction of sp³-hybridized carbons (Fsp3) is 0.480. The van der Waals surface area contributed by atoms with Gasteiger partial charge in [-0.1, -0.05) is 53.2 Å². The Balaban J connectivity index is 1.46. The number of hydrogen-bond acceptors (Lipinski definition) is 7. The number of aliphatic hydroxyl groups excluding tert-OH is 3. The van der Waals surface area contributed by atoms with Gasteiger partial charge >= 0.3 is 0 Å². The van der Waals surface area contributed by atoms with Gasteiger partial charge in [-0.15, -0.1) is 0 Å². The van der Waals surface area contributed by atoms with E-state index < -0.39 is 30.7 Å². The number of ether oxygens (including phenoxy) is 2. The Morgan fingerprint density at radius 2 is 1.79 bits per heavy atom. The van der Waals surface area contributed by atoms with Gasteiger partial charge in [0.25, 0.3) is 0 Å². The molecule has 2 aromatic rings. The Morgan fingerprint density at radius 3 is 2.45 bits per heavy atom. The standard InChI is InChI=1S/C25H30ClNO6/c1-14(27-32-13-16-3-4-16)17-7-5-15(6-8-17)11-19-12-18(9-10-20(19)26)24-22(29)21(28)23(30)25(31-2)33-24/h5-10,12,16,21-25,28-30H,3-4,11,13H2,1-2H3. The minimum Gasteiger partial charge on any atom is -0.395 e. The van der Waals surface area contributed by atoms with Crippen molar-refractivity contribution in [3.63, 3.8) is 0 Å². The monoisotopic (exact) mass is 475 g/mol. The lowest BCUT2D eigenvalue weighted by molar-refractivity contribution is -0.292. The summed E-state index contributed by atoms with van der Waals surface area (Å²) >= 11 is 6.45. The third kappa shape index (κ3) is 5.74. The van der Waals surface area contributed by atoms with Crippen molar-refractivity contribution in [3.05, 3.63) is 69.7 Å². The smallest absolute Gasteiger partial charge is 0.186 e. The summed E-state index contributed by atoms with van der Waals surface area (Å²) in [5.74, 6) is 0.665. The van der Waals surface area contributed by atoms with Crippen molar-refractivity contribution < 1.29 is 29.6 Å². The highest BCUT2D eigenvalue weighted by molar-refractivity contribution is 6.31. The third-order valence-electron chi connectivity index (χ3n) is 6.18. The van der Waals surface area contributed by atoms with Gasteiger partial charge in [0.15, 0.2) is 6.29 Å². The molecule has 0 aromatic heterocycles. The Bertz CT molecular complexity index is 975. The van der Waals surface area contributed by atoms with Crippen LogP contribution in [0.5, 0.6) is 0 Å². The first kappa shape index (κ1) is 24.1. The maximum absolute atomic E-state index is 10.5. The van der Waals surface area contributed by atoms with E-state index in [4.69, 9.17) is 25.9 Å². The molecule has 2 fully saturated rings. The lowest BCUT2D eigenvalue weighted by Crippen LogP contribution is -2.54. The van der Waals surface area contributed by atoms with Gasteiger partial charge in [0.05, 0.1) is 5.71 Å². The molecule has 0 spiro atoms. The summed E-state index contributed by atoms with van der Waals surface area (Å²) in [6.07, 6.45) is -2.90. The topological polar surface area (TPSA) is 101 Å². The number of hydrogen-bond donors (Lipinski definition) is 3. The summed E-state index contributed by atoms with van der Waals surface area (Å²) in [7, 11) is 1.37. The van der Waals surface area contributed by atoms with Crippen molar-refractivity contribution in [3.8, 4) is 0 Å². The second-order valence-electron chi connectivity index (χ2n) is 8.77. The number of rotatable bonds is 8. The van der Waals surface area contributed by atoms with Gasteiger partial charge in [-0.2, -0.15) is 0 Å². The van der Waals surface area contributed by atoms with Crippen LogP contribution in [0.3, 0.4) is 0 Å². The van der Waals surface area contributed by atoms with Crippen LogP contribution in [0.1, 0.15) is 48.1 Å². The van der Waals surface area contributed by atoms with E-state index in [1.807, 2.05) is 37.3 Å². The molecule has 1 saturated carbocycles. The van der Waals surface area contributed by atoms with E-state index in [-0.39, 0.29) is 0 Å². The summed E-state index contributed by atoms with van der Waals surface area (Å²) in [4.78, 5) is 5.42. The van der Waals surface area contributed by atoms with E-state index in [1.54, 1.807) is 12.1 Å². The van der Waals surface area contributed by atoms with Gasteiger partial charge in [0, 0.05) is 12.1 Å². The molecule has 4 rings (SSSR count). The maximum Gasteiger partial charge on any atom is 0.186 e. The first-order chi connectivity index (χ1) is 15.9. The van der Waals surface area contributed by atoms with Crippen molar-refractivity contribution >= 4 is 17.3 Å². The summed E-state index contributed by atoms with van der Waals surface area (Å²) < 4.78 is 10.8. The molecule has 2 aliphatic rings. The zero-order valence-electron chi connectivity index (χ0n) is 18.7. The van der Waals surface area contributed by atoms with Crippen molar-refractivity contribution in [1.29, 1.82) is 0 Å². The van der Waals surface area contributed by atoms with Crippen LogP contribution in [0.2, 0.25) is 5.02 Å². The molecule has 1 heterocycles. The van der Waals surface area contributed by atoms with Gasteiger partial charge in [0.2, 0.25) is 0 Å². The minimum absolute atomic E-state index is 0.572. The number of aliphatic hydroxyl groups is 3. The molecule has 8 heteroatoms. The molecule has 3 N–H and O–H groups in total. The molecule has 1 aliphatic heterocycles. The maximum atomic E-state index is 10.5. The van der Waals surface area contributed by atoms with Crippen LogP contribution in [-0.2, 0) is 20.7 Å². The number of halogens is 1. The molecular weight excluding hydrogens is 446 g/mol. The Labute approximate surface area is 198 Å². The molecule has 33 heavy (non-hydrogen) atoms. The van der Waals surface area contributed by atoms with E-state index in [0.29, 0.717) is 29.5 Å². The number of oxime groups is 1. The van der Waals surface area contributed by atoms with E-state index in [1.165, 1.54) is 20.0 Å². The average Bonchev–Trinajstić information content (AvgIpc) is 3.64. The highest BCUT2D eigenvalue weighted by Crippen LogP contribution is 2.34. The molecule has 5 atom stereocenters. The normalized spacial score (nSPS) is 28.1. The van der Waals surface area contributed by atoms with E-state index in [2.05, 4.69) is 5.16 Å². The highest BCUT2D eigenvalue weighted by atomic mass is 35.5. The van der Waals surface area contributed by atoms with Crippen LogP contribution in [-0.4, -0.2) is 59.3 Å². The quantitative estimate of drug-likeness (QED) is 0.400. The number of benzene rings is 2. The summed E-state index contributed by atoms with van der Waals surface area (Å²) in [5.41, 5.74) is 4.37. The van der Waals surface area contributed by atoms with Crippen LogP contribution in [0.15, 0.2) is 47.6 Å². The van der Waals surface area contributed by atoms with Crippen LogP contribution < -0.4 is 0 Å². The second-order valence-corrected chi connectivity index (χ2v) is 9.18. The van der Waals surface area contributed by atoms with E-state index >= 15 is 0 Å². The lowest BCUT2D eigenvalue weighted by Gasteiger charge is -2.40. The minimum atomic E-state index is -1.39. The van der Waals surface area contributed by atoms with Crippen LogP contribution >= 0.6 is 11.6 Å². The molecule has 0 radical (unpaired) electrons. The highest BCUT2D eigenvalue weighted by Gasteiger charge is 2.44. The fourth-order valence-electron chi connectivity index (χ4n) is 3.89. The number of methoxy groups -OCH3 is 1. The largest absolute Gasteiger partial charge is 0.395 e. The van der Waals surface area contributed by atoms with Crippen molar-refractivity contribution in [2.45, 2.75) is 56.9 Å². The van der Waals surface area contributed by atoms with Gasteiger partial charge in [-0.05, 0) is 60.4 Å². The van der Waals surface area contributed by atoms with Crippen molar-refractivity contribution in [2.75, 3.05) is 13.7 Å². The summed E-state index contributed by atoms with van der Waals surface area (Å²) in [5, 5.41) is 35.4. The Kier molecular flexibility index (Phi) is 7.69. The van der Waals surface area contributed by atoms with Gasteiger partial charge in [-0.25, -0.2) is 0 Å². The molecule has 178 valence electrons. The zero-order chi connectivity index (χ0) is 23.5. The fourth-order valence-corrected chi connectivity index (χ4v) is 4.07. The van der Waals surface area contributed by atoms with Crippen LogP contribution in [0.4, 0.5) is 0 Å². The molecule has 0 bridgehead atoms. The van der Waals surface area contributed by atoms with E-state index in [0.717, 1.165) is 22.4 Å². The average molecular weight is 476 g/mol. The molecule has 1 aliphatic carbocycles. The van der Waals surface area contributed by atoms with Crippen molar-refractivity contribution in [1.82, 2.24) is 0 Å². The number of nitrogens with zero attached hydrogens (tertiary/aromatic N) is 1. The summed E-state index contributed by atoms with van der Waals surface area (Å²) in [6.45, 7) is 2.61. The van der Waals surface area contributed by atoms with Crippen molar-refractivity contribution in [2.24, 2.45) is 11.1 Å². The lowest BCUT2D eigenvalue weighted by atomic mass is 9.92. The molecule has 1 saturated heterocycles. The predicted molar refractivity (Wildman–Crippen MR) is 124 cm³/mol. The predicted octanol–water partition coefficient (Wildman–Crippen LogP) is 3.21. The zero-order valence-corrected chi connectivity index (χ0v) is 19.5. The van der Waals surface area contributed by atoms with Crippen LogP contribution in [0, 0.1) is 5.92 Å².